The topological polar surface area (TPSA) is 96.3 Å². The molecule has 44 heavy (non-hydrogen) atoms. The van der Waals surface area contributed by atoms with Gasteiger partial charge in [-0.05, 0) is 73.1 Å². The minimum atomic E-state index is -2.26. The fourth-order valence-corrected chi connectivity index (χ4v) is 9.41. The predicted molar refractivity (Wildman–Crippen MR) is 157 cm³/mol. The number of carbonyl (C=O) groups is 2. The summed E-state index contributed by atoms with van der Waals surface area (Å²) < 4.78 is 39.1. The second-order valence-electron chi connectivity index (χ2n) is 13.7. The van der Waals surface area contributed by atoms with Crippen LogP contribution in [0.2, 0.25) is 0 Å². The Bertz CT molecular complexity index is 1550. The number of carbonyl (C=O) groups excluding carboxylic acids is 1. The molecule has 0 bridgehead atoms. The number of aliphatic hydroxyl groups excluding tert-OH is 1. The van der Waals surface area contributed by atoms with Gasteiger partial charge in [0, 0.05) is 35.8 Å². The molecule has 1 heterocycles. The molecule has 4 fully saturated rings. The third-order valence-corrected chi connectivity index (χ3v) is 11.5. The van der Waals surface area contributed by atoms with E-state index in [0.29, 0.717) is 31.9 Å². The van der Waals surface area contributed by atoms with Gasteiger partial charge in [-0.2, -0.15) is 5.06 Å². The second-order valence-corrected chi connectivity index (χ2v) is 13.7. The van der Waals surface area contributed by atoms with Crippen LogP contribution in [0.4, 0.5) is 8.78 Å². The molecule has 0 unspecified atom stereocenters. The first-order chi connectivity index (χ1) is 20.9. The van der Waals surface area contributed by atoms with Gasteiger partial charge in [-0.1, -0.05) is 55.5 Å². The number of allylic oxidation sites excluding steroid dienone is 4. The van der Waals surface area contributed by atoms with E-state index >= 15 is 8.78 Å². The first-order valence-corrected chi connectivity index (χ1v) is 15.3. The Kier molecular flexibility index (Phi) is 6.70. The number of nitrogens with zero attached hydrogens (tertiary/aromatic N) is 1. The molecule has 2 aromatic carbocycles. The van der Waals surface area contributed by atoms with Crippen LogP contribution in [-0.4, -0.2) is 57.1 Å². The molecule has 3 saturated carbocycles. The SMILES string of the molecule is C[C@]12C=CC(=O)C=C1[C@@H](F)C[C@H]1[C@@H]3C[C@H]4CN(Cc5ccc(OCc6ccccc6)cc5)O[C@@]4(C(=O)O)[C@@]3(C)C[C@H](O)[C@@]12F. The van der Waals surface area contributed by atoms with Gasteiger partial charge in [0.05, 0.1) is 6.10 Å². The van der Waals surface area contributed by atoms with Crippen molar-refractivity contribution < 1.29 is 38.2 Å². The highest BCUT2D eigenvalue weighted by atomic mass is 19.1. The molecular weight excluding hydrogens is 568 g/mol. The lowest BCUT2D eigenvalue weighted by atomic mass is 9.44. The van der Waals surface area contributed by atoms with Gasteiger partial charge in [0.2, 0.25) is 0 Å². The zero-order valence-electron chi connectivity index (χ0n) is 24.8. The summed E-state index contributed by atoms with van der Waals surface area (Å²) in [6, 6.07) is 17.4. The molecule has 0 amide bonds. The van der Waals surface area contributed by atoms with Crippen molar-refractivity contribution in [3.8, 4) is 5.75 Å². The minimum Gasteiger partial charge on any atom is -0.489 e. The maximum atomic E-state index is 17.5. The van der Waals surface area contributed by atoms with Crippen molar-refractivity contribution in [1.29, 1.82) is 0 Å². The zero-order chi connectivity index (χ0) is 31.1. The normalized spacial score (nSPS) is 40.9. The third-order valence-electron chi connectivity index (χ3n) is 11.5. The Morgan fingerprint density at radius 2 is 1.80 bits per heavy atom. The maximum Gasteiger partial charge on any atom is 0.339 e. The van der Waals surface area contributed by atoms with Crippen LogP contribution in [0.1, 0.15) is 44.2 Å². The van der Waals surface area contributed by atoms with E-state index in [2.05, 4.69) is 0 Å². The van der Waals surface area contributed by atoms with Gasteiger partial charge in [-0.15, -0.1) is 0 Å². The number of rotatable bonds is 6. The van der Waals surface area contributed by atoms with Crippen LogP contribution in [0.5, 0.6) is 5.75 Å². The molecule has 9 atom stereocenters. The lowest BCUT2D eigenvalue weighted by Crippen LogP contribution is -2.70. The summed E-state index contributed by atoms with van der Waals surface area (Å²) in [5.74, 6) is -2.82. The number of carboxylic acids is 1. The highest BCUT2D eigenvalue weighted by Crippen LogP contribution is 2.72. The Balaban J connectivity index is 1.12. The number of alkyl halides is 2. The standard InChI is InChI=1S/C35H37F2NO6/c1-32-13-12-24(39)15-28(32)29(36)16-27-26-14-23-19-38(44-35(23,31(41)42)33(26,2)17-30(40)34(27,32)37)18-21-8-10-25(11-9-21)43-20-22-6-4-3-5-7-22/h3-13,15,23,26-27,29-30,40H,14,16-20H2,1-2H3,(H,41,42)/t23-,26-,27-,29-,30-,32-,33-,34-,35-/m0/s1. The van der Waals surface area contributed by atoms with Crippen LogP contribution in [0.15, 0.2) is 78.4 Å². The van der Waals surface area contributed by atoms with E-state index in [1.165, 1.54) is 12.2 Å². The van der Waals surface area contributed by atoms with Crippen molar-refractivity contribution in [2.75, 3.05) is 6.54 Å². The van der Waals surface area contributed by atoms with Gasteiger partial charge >= 0.3 is 5.97 Å². The average Bonchev–Trinajstić information content (AvgIpc) is 3.48. The van der Waals surface area contributed by atoms with Gasteiger partial charge in [-0.25, -0.2) is 13.6 Å². The van der Waals surface area contributed by atoms with Crippen LogP contribution in [-0.2, 0) is 27.6 Å². The summed E-state index contributed by atoms with van der Waals surface area (Å²) in [5, 5.41) is 24.0. The number of hydrogen-bond acceptors (Lipinski definition) is 6. The number of carboxylic acid groups (broad SMARTS) is 1. The van der Waals surface area contributed by atoms with E-state index < -0.39 is 63.9 Å². The molecule has 232 valence electrons. The predicted octanol–water partition coefficient (Wildman–Crippen LogP) is 5.38. The number of ether oxygens (including phenoxy) is 1. The van der Waals surface area contributed by atoms with Gasteiger partial charge in [0.15, 0.2) is 17.1 Å². The molecule has 5 aliphatic rings. The smallest absolute Gasteiger partial charge is 0.339 e. The fourth-order valence-electron chi connectivity index (χ4n) is 9.41. The first kappa shape index (κ1) is 29.3. The van der Waals surface area contributed by atoms with Crippen molar-refractivity contribution in [3.63, 3.8) is 0 Å². The zero-order valence-corrected chi connectivity index (χ0v) is 24.8. The van der Waals surface area contributed by atoms with Gasteiger partial charge in [-0.3, -0.25) is 9.63 Å². The Morgan fingerprint density at radius 1 is 1.07 bits per heavy atom. The third kappa shape index (κ3) is 3.95. The molecule has 0 aromatic heterocycles. The summed E-state index contributed by atoms with van der Waals surface area (Å²) in [5.41, 5.74) is -4.60. The van der Waals surface area contributed by atoms with Gasteiger partial charge in [0.25, 0.3) is 0 Å². The fraction of sp³-hybridized carbons (Fsp3) is 0.486. The Labute approximate surface area is 255 Å². The minimum absolute atomic E-state index is 0.0523. The number of hydrogen-bond donors (Lipinski definition) is 2. The second kappa shape index (κ2) is 10.1. The summed E-state index contributed by atoms with van der Waals surface area (Å²) in [6.45, 7) is 4.40. The average molecular weight is 606 g/mol. The lowest BCUT2D eigenvalue weighted by Gasteiger charge is -2.63. The highest BCUT2D eigenvalue weighted by Gasteiger charge is 2.80. The number of halogens is 2. The number of ketones is 1. The number of aliphatic carboxylic acids is 1. The molecule has 0 spiro atoms. The highest BCUT2D eigenvalue weighted by molar-refractivity contribution is 6.01. The van der Waals surface area contributed by atoms with E-state index in [1.54, 1.807) is 18.9 Å². The van der Waals surface area contributed by atoms with E-state index in [1.807, 2.05) is 54.6 Å². The Hall–Kier alpha value is -3.40. The molecule has 1 aliphatic heterocycles. The van der Waals surface area contributed by atoms with Crippen LogP contribution < -0.4 is 4.74 Å². The van der Waals surface area contributed by atoms with E-state index in [4.69, 9.17) is 9.57 Å². The maximum absolute atomic E-state index is 17.5. The molecule has 7 rings (SSSR count). The number of hydroxylamine groups is 2. The largest absolute Gasteiger partial charge is 0.489 e. The van der Waals surface area contributed by atoms with Crippen LogP contribution in [0.3, 0.4) is 0 Å². The molecule has 2 aromatic rings. The van der Waals surface area contributed by atoms with Crippen molar-refractivity contribution in [2.45, 2.75) is 69.8 Å². The van der Waals surface area contributed by atoms with Crippen molar-refractivity contribution in [3.05, 3.63) is 89.5 Å². The van der Waals surface area contributed by atoms with Gasteiger partial charge < -0.3 is 14.9 Å². The number of fused-ring (bicyclic) bond motifs is 7. The summed E-state index contributed by atoms with van der Waals surface area (Å²) in [4.78, 5) is 31.6. The molecule has 7 nitrogen and oxygen atoms in total. The summed E-state index contributed by atoms with van der Waals surface area (Å²) >= 11 is 0. The van der Waals surface area contributed by atoms with E-state index in [0.717, 1.165) is 17.2 Å². The van der Waals surface area contributed by atoms with Crippen LogP contribution in [0.25, 0.3) is 0 Å². The molecule has 9 heteroatoms. The van der Waals surface area contributed by atoms with Crippen LogP contribution >= 0.6 is 0 Å². The van der Waals surface area contributed by atoms with E-state index in [9.17, 15) is 19.8 Å². The quantitative estimate of drug-likeness (QED) is 0.457. The lowest BCUT2D eigenvalue weighted by molar-refractivity contribution is -0.275. The Morgan fingerprint density at radius 3 is 2.50 bits per heavy atom. The summed E-state index contributed by atoms with van der Waals surface area (Å²) in [7, 11) is 0. The molecular formula is C35H37F2NO6. The monoisotopic (exact) mass is 605 g/mol. The van der Waals surface area contributed by atoms with Crippen LogP contribution in [0, 0.1) is 28.6 Å². The number of benzene rings is 2. The molecule has 4 aliphatic carbocycles. The van der Waals surface area contributed by atoms with Crippen molar-refractivity contribution >= 4 is 11.8 Å². The van der Waals surface area contributed by atoms with Crippen molar-refractivity contribution in [2.24, 2.45) is 28.6 Å². The number of aliphatic hydroxyl groups is 1. The summed E-state index contributed by atoms with van der Waals surface area (Å²) in [6.07, 6.45) is 0.601. The molecule has 0 radical (unpaired) electrons. The first-order valence-electron chi connectivity index (χ1n) is 15.3. The molecule has 2 N–H and O–H groups in total. The van der Waals surface area contributed by atoms with E-state index in [-0.39, 0.29) is 18.4 Å². The molecule has 1 saturated heterocycles. The van der Waals surface area contributed by atoms with Crippen molar-refractivity contribution in [1.82, 2.24) is 5.06 Å². The van der Waals surface area contributed by atoms with Gasteiger partial charge in [0.1, 0.15) is 18.5 Å².